The fraction of sp³-hybridized carbons (Fsp3) is 0.242. The Labute approximate surface area is 247 Å². The van der Waals surface area contributed by atoms with E-state index in [0.717, 1.165) is 43.1 Å². The first-order valence-electron chi connectivity index (χ1n) is 13.9. The Hall–Kier alpha value is -4.47. The molecule has 0 saturated carbocycles. The molecule has 42 heavy (non-hydrogen) atoms. The van der Waals surface area contributed by atoms with Crippen molar-refractivity contribution in [3.63, 3.8) is 0 Å². The second-order valence-electron chi connectivity index (χ2n) is 9.86. The summed E-state index contributed by atoms with van der Waals surface area (Å²) < 4.78 is 18.8. The monoisotopic (exact) mass is 581 g/mol. The number of nitrogens with zero attached hydrogens (tertiary/aromatic N) is 3. The number of aromatic nitrogens is 1. The van der Waals surface area contributed by atoms with Gasteiger partial charge < -0.3 is 19.1 Å². The summed E-state index contributed by atoms with van der Waals surface area (Å²) in [7, 11) is 1.58. The summed E-state index contributed by atoms with van der Waals surface area (Å²) in [5, 5.41) is 0. The number of benzene rings is 3. The van der Waals surface area contributed by atoms with Gasteiger partial charge in [0, 0.05) is 29.9 Å². The number of methoxy groups -OCH3 is 1. The number of esters is 1. The van der Waals surface area contributed by atoms with Crippen LogP contribution in [0.15, 0.2) is 94.2 Å². The van der Waals surface area contributed by atoms with Gasteiger partial charge >= 0.3 is 5.97 Å². The summed E-state index contributed by atoms with van der Waals surface area (Å²) >= 11 is 1.30. The first-order chi connectivity index (χ1) is 20.6. The predicted octanol–water partition coefficient (Wildman–Crippen LogP) is 3.78. The van der Waals surface area contributed by atoms with Gasteiger partial charge in [-0.25, -0.2) is 9.79 Å². The number of anilines is 1. The topological polar surface area (TPSA) is 82.4 Å². The number of para-hydroxylation sites is 1. The van der Waals surface area contributed by atoms with Crippen LogP contribution >= 0.6 is 11.3 Å². The fourth-order valence-electron chi connectivity index (χ4n) is 5.38. The molecule has 0 spiro atoms. The Kier molecular flexibility index (Phi) is 8.03. The maximum absolute atomic E-state index is 14.1. The predicted molar refractivity (Wildman–Crippen MR) is 164 cm³/mol. The van der Waals surface area contributed by atoms with E-state index in [0.29, 0.717) is 31.9 Å². The molecule has 9 heteroatoms. The van der Waals surface area contributed by atoms with Crippen LogP contribution in [0.5, 0.6) is 5.75 Å². The molecule has 1 atom stereocenters. The normalized spacial score (nSPS) is 17.0. The lowest BCUT2D eigenvalue weighted by molar-refractivity contribution is -0.138. The van der Waals surface area contributed by atoms with Gasteiger partial charge in [-0.3, -0.25) is 9.36 Å². The van der Waals surface area contributed by atoms with Gasteiger partial charge in [0.2, 0.25) is 0 Å². The van der Waals surface area contributed by atoms with Gasteiger partial charge in [0.15, 0.2) is 4.80 Å². The van der Waals surface area contributed by atoms with Crippen LogP contribution in [-0.4, -0.2) is 50.6 Å². The van der Waals surface area contributed by atoms with E-state index in [1.54, 1.807) is 18.6 Å². The van der Waals surface area contributed by atoms with Crippen molar-refractivity contribution in [2.75, 3.05) is 44.9 Å². The third-order valence-electron chi connectivity index (χ3n) is 7.37. The molecule has 8 nitrogen and oxygen atoms in total. The number of hydrogen-bond donors (Lipinski definition) is 0. The highest BCUT2D eigenvalue weighted by Gasteiger charge is 2.36. The molecule has 0 amide bonds. The largest absolute Gasteiger partial charge is 0.496 e. The minimum absolute atomic E-state index is 0.188. The molecule has 0 bridgehead atoms. The quantitative estimate of drug-likeness (QED) is 0.309. The van der Waals surface area contributed by atoms with Gasteiger partial charge in [-0.15, -0.1) is 0 Å². The number of fused-ring (bicyclic) bond motifs is 1. The van der Waals surface area contributed by atoms with Gasteiger partial charge in [0.25, 0.3) is 5.56 Å². The van der Waals surface area contributed by atoms with E-state index in [4.69, 9.17) is 19.2 Å². The van der Waals surface area contributed by atoms with E-state index < -0.39 is 12.0 Å². The van der Waals surface area contributed by atoms with Crippen molar-refractivity contribution >= 4 is 34.8 Å². The molecule has 214 valence electrons. The van der Waals surface area contributed by atoms with E-state index >= 15 is 0 Å². The van der Waals surface area contributed by atoms with E-state index in [9.17, 15) is 9.59 Å². The van der Waals surface area contributed by atoms with Crippen LogP contribution in [0.25, 0.3) is 11.8 Å². The maximum atomic E-state index is 14.1. The fourth-order valence-corrected chi connectivity index (χ4v) is 6.38. The third-order valence-corrected chi connectivity index (χ3v) is 8.36. The summed E-state index contributed by atoms with van der Waals surface area (Å²) in [6.45, 7) is 5.09. The highest BCUT2D eigenvalue weighted by Crippen LogP contribution is 2.38. The molecule has 0 aliphatic carbocycles. The zero-order valence-corrected chi connectivity index (χ0v) is 24.3. The van der Waals surface area contributed by atoms with Crippen LogP contribution < -0.4 is 24.5 Å². The van der Waals surface area contributed by atoms with Gasteiger partial charge in [-0.2, -0.15) is 0 Å². The first kappa shape index (κ1) is 27.7. The van der Waals surface area contributed by atoms with Gasteiger partial charge in [-0.05, 0) is 36.8 Å². The highest BCUT2D eigenvalue weighted by atomic mass is 32.1. The molecule has 2 aliphatic heterocycles. The smallest absolute Gasteiger partial charge is 0.338 e. The van der Waals surface area contributed by atoms with Crippen molar-refractivity contribution in [1.29, 1.82) is 0 Å². The standard InChI is InChI=1S/C33H31N3O5S/c1-3-41-32(38)28-29(23-9-5-4-6-10-23)34-33-36(30(28)25-11-7-8-12-26(25)39-2)31(37)27(42-33)21-22-13-15-24(16-14-22)35-17-19-40-20-18-35/h4-16,21,30H,3,17-20H2,1-2H3. The maximum Gasteiger partial charge on any atom is 0.338 e. The molecule has 1 unspecified atom stereocenters. The zero-order valence-electron chi connectivity index (χ0n) is 23.5. The molecule has 0 radical (unpaired) electrons. The number of carbonyl (C=O) groups excluding carboxylic acids is 1. The molecule has 1 aromatic heterocycles. The number of carbonyl (C=O) groups is 1. The van der Waals surface area contributed by atoms with Crippen LogP contribution in [0.4, 0.5) is 5.69 Å². The Bertz CT molecular complexity index is 1800. The number of morpholine rings is 1. The lowest BCUT2D eigenvalue weighted by Gasteiger charge is -2.28. The molecule has 2 aliphatic rings. The third kappa shape index (κ3) is 5.29. The average Bonchev–Trinajstić information content (AvgIpc) is 3.35. The first-order valence-corrected chi connectivity index (χ1v) is 14.7. The van der Waals surface area contributed by atoms with Crippen LogP contribution in [0.1, 0.15) is 29.7 Å². The molecule has 1 saturated heterocycles. The molecular weight excluding hydrogens is 550 g/mol. The van der Waals surface area contributed by atoms with Gasteiger partial charge in [0.1, 0.15) is 11.8 Å². The molecule has 0 N–H and O–H groups in total. The summed E-state index contributed by atoms with van der Waals surface area (Å²) in [4.78, 5) is 35.5. The van der Waals surface area contributed by atoms with Crippen molar-refractivity contribution < 1.29 is 19.0 Å². The SMILES string of the molecule is CCOC(=O)C1=C(c2ccccc2)N=c2sc(=Cc3ccc(N4CCOCC4)cc3)c(=O)n2C1c1ccccc1OC. The molecule has 4 aromatic rings. The Morgan fingerprint density at radius 3 is 2.45 bits per heavy atom. The van der Waals surface area contributed by atoms with Crippen molar-refractivity contribution in [2.24, 2.45) is 4.99 Å². The van der Waals surface area contributed by atoms with Crippen molar-refractivity contribution in [3.8, 4) is 5.75 Å². The molecule has 3 aromatic carbocycles. The number of thiazole rings is 1. The van der Waals surface area contributed by atoms with Gasteiger partial charge in [-0.1, -0.05) is 72.0 Å². The second kappa shape index (κ2) is 12.2. The van der Waals surface area contributed by atoms with E-state index in [2.05, 4.69) is 17.0 Å². The summed E-state index contributed by atoms with van der Waals surface area (Å²) in [6, 6.07) is 24.3. The Morgan fingerprint density at radius 2 is 1.74 bits per heavy atom. The van der Waals surface area contributed by atoms with E-state index in [-0.39, 0.29) is 12.2 Å². The van der Waals surface area contributed by atoms with Crippen LogP contribution in [0.2, 0.25) is 0 Å². The van der Waals surface area contributed by atoms with Crippen molar-refractivity contribution in [3.05, 3.63) is 121 Å². The summed E-state index contributed by atoms with van der Waals surface area (Å²) in [6.07, 6.45) is 1.88. The van der Waals surface area contributed by atoms with Crippen LogP contribution in [0.3, 0.4) is 0 Å². The van der Waals surface area contributed by atoms with Crippen LogP contribution in [-0.2, 0) is 14.3 Å². The Morgan fingerprint density at radius 1 is 1.02 bits per heavy atom. The molecular formula is C33H31N3O5S. The summed E-state index contributed by atoms with van der Waals surface area (Å²) in [5.74, 6) is 0.0379. The zero-order chi connectivity index (χ0) is 29.1. The number of rotatable bonds is 7. The second-order valence-corrected chi connectivity index (χ2v) is 10.9. The molecule has 1 fully saturated rings. The highest BCUT2D eigenvalue weighted by molar-refractivity contribution is 7.07. The van der Waals surface area contributed by atoms with E-state index in [1.165, 1.54) is 11.3 Å². The van der Waals surface area contributed by atoms with Gasteiger partial charge in [0.05, 0.1) is 42.7 Å². The lowest BCUT2D eigenvalue weighted by Crippen LogP contribution is -2.40. The Balaban J connectivity index is 1.54. The minimum Gasteiger partial charge on any atom is -0.496 e. The molecule has 3 heterocycles. The average molecular weight is 582 g/mol. The number of ether oxygens (including phenoxy) is 3. The minimum atomic E-state index is -0.794. The summed E-state index contributed by atoms with van der Waals surface area (Å²) in [5.41, 5.74) is 4.00. The van der Waals surface area contributed by atoms with Crippen molar-refractivity contribution in [1.82, 2.24) is 4.57 Å². The number of hydrogen-bond acceptors (Lipinski definition) is 8. The van der Waals surface area contributed by atoms with E-state index in [1.807, 2.05) is 72.8 Å². The van der Waals surface area contributed by atoms with Crippen LogP contribution in [0, 0.1) is 0 Å². The molecule has 6 rings (SSSR count). The van der Waals surface area contributed by atoms with Crippen molar-refractivity contribution in [2.45, 2.75) is 13.0 Å². The lowest BCUT2D eigenvalue weighted by atomic mass is 9.92.